The summed E-state index contributed by atoms with van der Waals surface area (Å²) in [4.78, 5) is 0.317. The lowest BCUT2D eigenvalue weighted by atomic mass is 10.1. The van der Waals surface area contributed by atoms with Crippen molar-refractivity contribution in [2.24, 2.45) is 5.28 Å². The van der Waals surface area contributed by atoms with Crippen molar-refractivity contribution in [1.29, 1.82) is 0 Å². The van der Waals surface area contributed by atoms with Gasteiger partial charge < -0.3 is 15.7 Å². The first-order valence-electron chi connectivity index (χ1n) is 9.04. The van der Waals surface area contributed by atoms with Gasteiger partial charge in [0, 0.05) is 0 Å². The van der Waals surface area contributed by atoms with E-state index in [1.165, 1.54) is 38.5 Å². The van der Waals surface area contributed by atoms with Crippen LogP contribution in [0.4, 0.5) is 0 Å². The molecule has 0 saturated heterocycles. The highest BCUT2D eigenvalue weighted by molar-refractivity contribution is 4.52. The molecule has 132 valence electrons. The van der Waals surface area contributed by atoms with Crippen LogP contribution in [0.3, 0.4) is 0 Å². The summed E-state index contributed by atoms with van der Waals surface area (Å²) in [7, 11) is 0. The minimum Gasteiger partial charge on any atom is -0.569 e. The van der Waals surface area contributed by atoms with Gasteiger partial charge in [0.15, 0.2) is 0 Å². The van der Waals surface area contributed by atoms with Crippen molar-refractivity contribution in [2.45, 2.75) is 78.1 Å². The zero-order valence-electron chi connectivity index (χ0n) is 14.6. The first-order valence-corrected chi connectivity index (χ1v) is 9.04. The molecule has 0 atom stereocenters. The van der Waals surface area contributed by atoms with E-state index < -0.39 is 0 Å². The van der Waals surface area contributed by atoms with E-state index in [-0.39, 0.29) is 0 Å². The molecule has 0 bridgehead atoms. The molecule has 0 radical (unpaired) electrons. The molecule has 0 fully saturated rings. The van der Waals surface area contributed by atoms with Crippen molar-refractivity contribution in [3.05, 3.63) is 5.21 Å². The van der Waals surface area contributed by atoms with E-state index in [0.29, 0.717) is 18.1 Å². The predicted octanol–water partition coefficient (Wildman–Crippen LogP) is 4.09. The van der Waals surface area contributed by atoms with Gasteiger partial charge in [-0.15, -0.1) is 5.01 Å². The van der Waals surface area contributed by atoms with E-state index in [4.69, 9.17) is 5.21 Å². The number of hydrogen-bond donors (Lipinski definition) is 2. The van der Waals surface area contributed by atoms with E-state index in [0.717, 1.165) is 38.8 Å². The highest BCUT2D eigenvalue weighted by Gasteiger charge is 2.11. The van der Waals surface area contributed by atoms with Crippen LogP contribution in [-0.2, 0) is 0 Å². The van der Waals surface area contributed by atoms with Crippen molar-refractivity contribution in [3.8, 4) is 0 Å². The summed E-state index contributed by atoms with van der Waals surface area (Å²) in [6, 6.07) is 0. The highest BCUT2D eigenvalue weighted by atomic mass is 16.6. The van der Waals surface area contributed by atoms with E-state index in [9.17, 15) is 5.21 Å². The van der Waals surface area contributed by atoms with Gasteiger partial charge in [0.2, 0.25) is 5.28 Å². The fraction of sp³-hybridized carbons (Fsp3) is 1.00. The first kappa shape index (κ1) is 21.0. The van der Waals surface area contributed by atoms with Crippen molar-refractivity contribution < 1.29 is 10.2 Å². The second-order valence-electron chi connectivity index (χ2n) is 5.87. The van der Waals surface area contributed by atoms with Gasteiger partial charge in [-0.25, -0.2) is 0 Å². The summed E-state index contributed by atoms with van der Waals surface area (Å²) in [6.07, 6.45) is 11.6. The quantitative estimate of drug-likeness (QED) is 0.195. The van der Waals surface area contributed by atoms with Gasteiger partial charge >= 0.3 is 0 Å². The Labute approximate surface area is 136 Å². The van der Waals surface area contributed by atoms with Crippen LogP contribution in [-0.4, -0.2) is 41.4 Å². The Hall–Kier alpha value is -1.04. The summed E-state index contributed by atoms with van der Waals surface area (Å²) in [5, 5.41) is 27.7. The van der Waals surface area contributed by atoms with Crippen LogP contribution in [0.2, 0.25) is 0 Å². The van der Waals surface area contributed by atoms with Crippen LogP contribution >= 0.6 is 0 Å². The minimum atomic E-state index is 0.317. The van der Waals surface area contributed by atoms with Crippen LogP contribution in [0, 0.1) is 5.21 Å². The molecule has 0 aromatic heterocycles. The Kier molecular flexibility index (Phi) is 15.6. The SMILES string of the molecule is CCCCNCCCCCCCCN(CCCC)/[N+]([O-])=N/O. The first-order chi connectivity index (χ1) is 10.8. The number of hydrazine groups is 1. The smallest absolute Gasteiger partial charge is 0.230 e. The summed E-state index contributed by atoms with van der Waals surface area (Å²) in [6.45, 7) is 7.91. The molecule has 0 heterocycles. The lowest BCUT2D eigenvalue weighted by Gasteiger charge is -2.17. The van der Waals surface area contributed by atoms with E-state index in [2.05, 4.69) is 24.4 Å². The highest BCUT2D eigenvalue weighted by Crippen LogP contribution is 2.07. The molecular weight excluding hydrogens is 280 g/mol. The minimum absolute atomic E-state index is 0.317. The fourth-order valence-corrected chi connectivity index (χ4v) is 2.36. The second kappa shape index (κ2) is 16.3. The molecule has 0 aliphatic rings. The molecule has 0 saturated carbocycles. The summed E-state index contributed by atoms with van der Waals surface area (Å²) in [5.74, 6) is 0. The third-order valence-electron chi connectivity index (χ3n) is 3.82. The molecule has 22 heavy (non-hydrogen) atoms. The molecule has 6 nitrogen and oxygen atoms in total. The standard InChI is InChI=1S/C16H36N4O2/c1-3-5-13-17-14-11-9-7-8-10-12-16-19(15-6-4-2)20(22)18-21/h17,21H,3-16H2,1-2H3/b20-18-. The zero-order chi connectivity index (χ0) is 16.5. The number of rotatable bonds is 16. The lowest BCUT2D eigenvalue weighted by molar-refractivity contribution is -0.709. The van der Waals surface area contributed by atoms with Crippen LogP contribution in [0.25, 0.3) is 0 Å². The maximum atomic E-state index is 11.3. The van der Waals surface area contributed by atoms with Gasteiger partial charge in [-0.2, -0.15) is 0 Å². The average molecular weight is 316 g/mol. The molecule has 0 unspecified atom stereocenters. The molecule has 0 rings (SSSR count). The molecule has 0 aromatic carbocycles. The van der Waals surface area contributed by atoms with E-state index in [1.807, 2.05) is 0 Å². The van der Waals surface area contributed by atoms with Gasteiger partial charge in [-0.05, 0) is 38.8 Å². The summed E-state index contributed by atoms with van der Waals surface area (Å²) < 4.78 is 0. The van der Waals surface area contributed by atoms with Crippen LogP contribution < -0.4 is 5.32 Å². The van der Waals surface area contributed by atoms with Gasteiger partial charge in [0.25, 0.3) is 0 Å². The Morgan fingerprint density at radius 3 is 2.05 bits per heavy atom. The average Bonchev–Trinajstić information content (AvgIpc) is 2.54. The number of hydrogen-bond acceptors (Lipinski definition) is 3. The Morgan fingerprint density at radius 1 is 0.864 bits per heavy atom. The molecule has 0 amide bonds. The Bertz CT molecular complexity index is 263. The Morgan fingerprint density at radius 2 is 1.41 bits per heavy atom. The van der Waals surface area contributed by atoms with Crippen molar-refractivity contribution in [3.63, 3.8) is 0 Å². The van der Waals surface area contributed by atoms with Crippen molar-refractivity contribution in [1.82, 2.24) is 10.3 Å². The lowest BCUT2D eigenvalue weighted by Crippen LogP contribution is -2.32. The maximum absolute atomic E-state index is 11.3. The normalized spacial score (nSPS) is 11.8. The van der Waals surface area contributed by atoms with E-state index >= 15 is 0 Å². The Balaban J connectivity index is 3.45. The predicted molar refractivity (Wildman–Crippen MR) is 89.8 cm³/mol. The van der Waals surface area contributed by atoms with Gasteiger partial charge in [-0.3, -0.25) is 0 Å². The third-order valence-corrected chi connectivity index (χ3v) is 3.82. The largest absolute Gasteiger partial charge is 0.569 e. The zero-order valence-corrected chi connectivity index (χ0v) is 14.6. The monoisotopic (exact) mass is 316 g/mol. The van der Waals surface area contributed by atoms with Crippen molar-refractivity contribution in [2.75, 3.05) is 26.2 Å². The number of nitrogens with zero attached hydrogens (tertiary/aromatic N) is 3. The topological polar surface area (TPSA) is 73.9 Å². The number of nitrogens with one attached hydrogen (secondary N) is 1. The van der Waals surface area contributed by atoms with Gasteiger partial charge in [0.1, 0.15) is 0 Å². The van der Waals surface area contributed by atoms with Crippen LogP contribution in [0.5, 0.6) is 0 Å². The second-order valence-corrected chi connectivity index (χ2v) is 5.87. The third kappa shape index (κ3) is 12.7. The van der Waals surface area contributed by atoms with Crippen LogP contribution in [0.15, 0.2) is 5.28 Å². The fourth-order valence-electron chi connectivity index (χ4n) is 2.36. The maximum Gasteiger partial charge on any atom is 0.230 e. The molecule has 6 heteroatoms. The molecule has 0 aliphatic carbocycles. The molecular formula is C16H36N4O2. The number of unbranched alkanes of at least 4 members (excludes halogenated alkanes) is 7. The van der Waals surface area contributed by atoms with E-state index in [1.54, 1.807) is 5.01 Å². The summed E-state index contributed by atoms with van der Waals surface area (Å²) >= 11 is 0. The van der Waals surface area contributed by atoms with Crippen molar-refractivity contribution >= 4 is 0 Å². The molecule has 0 spiro atoms. The van der Waals surface area contributed by atoms with Crippen LogP contribution in [0.1, 0.15) is 78.1 Å². The van der Waals surface area contributed by atoms with Gasteiger partial charge in [-0.1, -0.05) is 52.4 Å². The molecule has 0 aliphatic heterocycles. The molecule has 2 N–H and O–H groups in total. The van der Waals surface area contributed by atoms with Gasteiger partial charge in [0.05, 0.1) is 18.1 Å². The molecule has 0 aromatic rings. The summed E-state index contributed by atoms with van der Waals surface area (Å²) in [5.41, 5.74) is 0.